The minimum Gasteiger partial charge on any atom is -0.496 e. The number of ether oxygens (including phenoxy) is 5. The zero-order chi connectivity index (χ0) is 43.8. The van der Waals surface area contributed by atoms with Crippen LogP contribution in [0.3, 0.4) is 0 Å². The Morgan fingerprint density at radius 2 is 1.81 bits per heavy atom. The first-order valence-corrected chi connectivity index (χ1v) is 22.2. The molecule has 1 saturated carbocycles. The van der Waals surface area contributed by atoms with Crippen LogP contribution in [0.15, 0.2) is 42.5 Å². The zero-order valence-corrected chi connectivity index (χ0v) is 37.1. The van der Waals surface area contributed by atoms with Crippen LogP contribution in [0.5, 0.6) is 5.75 Å². The van der Waals surface area contributed by atoms with Crippen molar-refractivity contribution in [1.82, 2.24) is 14.8 Å². The van der Waals surface area contributed by atoms with E-state index < -0.39 is 57.2 Å². The van der Waals surface area contributed by atoms with Crippen LogP contribution < -0.4 is 9.64 Å². The lowest BCUT2D eigenvalue weighted by Crippen LogP contribution is -2.75. The highest BCUT2D eigenvalue weighted by molar-refractivity contribution is 5.96. The van der Waals surface area contributed by atoms with Crippen LogP contribution in [0.4, 0.5) is 5.69 Å². The Kier molecular flexibility index (Phi) is 9.17. The number of benzene rings is 2. The fourth-order valence-corrected chi connectivity index (χ4v) is 14.2. The molecule has 328 valence electrons. The maximum Gasteiger partial charge on any atom is 0.347 e. The molecule has 7 aliphatic rings. The van der Waals surface area contributed by atoms with Gasteiger partial charge in [0.05, 0.1) is 32.3 Å². The van der Waals surface area contributed by atoms with Gasteiger partial charge in [-0.1, -0.05) is 31.9 Å². The number of epoxide rings is 1. The number of rotatable bonds is 7. The van der Waals surface area contributed by atoms with E-state index in [1.54, 1.807) is 7.11 Å². The Hall–Kier alpha value is -4.87. The van der Waals surface area contributed by atoms with Gasteiger partial charge in [-0.3, -0.25) is 19.4 Å². The zero-order valence-electron chi connectivity index (χ0n) is 37.1. The van der Waals surface area contributed by atoms with Crippen LogP contribution in [0, 0.1) is 23.2 Å². The highest BCUT2D eigenvalue weighted by Crippen LogP contribution is 2.80. The molecule has 2 spiro atoms. The SMILES string of the molecule is CC#Cc1ccc2[nH]c3c(c2c1)CCN1C[C@H](C[C@@](O)(CC)C1)C[C@]3(C(=O)OC)c1cc2c(cc1OC)N(C)[C@@]13O[C@]1(C(=O)OC)[C@H](OC(C)=O)[C@]1(CC)C=CCN4CC[C@]23[C@@H]41. The van der Waals surface area contributed by atoms with Crippen molar-refractivity contribution in [2.45, 2.75) is 106 Å². The van der Waals surface area contributed by atoms with Crippen molar-refractivity contribution in [1.29, 1.82) is 0 Å². The molecular weight excluding hydrogens is 789 g/mol. The first-order chi connectivity index (χ1) is 29.7. The van der Waals surface area contributed by atoms with Crippen molar-refractivity contribution in [2.75, 3.05) is 66.0 Å². The monoisotopic (exact) mass is 846 g/mol. The lowest BCUT2D eigenvalue weighted by Gasteiger charge is -2.58. The van der Waals surface area contributed by atoms with E-state index in [2.05, 4.69) is 57.8 Å². The molecule has 3 saturated heterocycles. The number of nitrogens with one attached hydrogen (secondary N) is 1. The summed E-state index contributed by atoms with van der Waals surface area (Å²) in [4.78, 5) is 53.9. The van der Waals surface area contributed by atoms with E-state index >= 15 is 4.79 Å². The van der Waals surface area contributed by atoms with Gasteiger partial charge in [-0.05, 0) is 93.3 Å². The van der Waals surface area contributed by atoms with E-state index in [0.29, 0.717) is 82.6 Å². The normalized spacial score (nSPS) is 37.2. The molecule has 1 aliphatic carbocycles. The average Bonchev–Trinajstić information content (AvgIpc) is 3.51. The van der Waals surface area contributed by atoms with E-state index in [1.165, 1.54) is 21.1 Å². The van der Waals surface area contributed by atoms with Crippen molar-refractivity contribution < 1.29 is 43.2 Å². The highest BCUT2D eigenvalue weighted by Gasteiger charge is 2.98. The fourth-order valence-electron chi connectivity index (χ4n) is 14.2. The minimum absolute atomic E-state index is 0.104. The van der Waals surface area contributed by atoms with Crippen molar-refractivity contribution in [3.05, 3.63) is 70.4 Å². The Morgan fingerprint density at radius 1 is 1.02 bits per heavy atom. The van der Waals surface area contributed by atoms with Crippen LogP contribution in [0.1, 0.15) is 87.7 Å². The molecule has 1 aromatic heterocycles. The number of nitrogens with zero attached hydrogens (tertiary/aromatic N) is 3. The molecule has 62 heavy (non-hydrogen) atoms. The van der Waals surface area contributed by atoms with E-state index in [1.807, 2.05) is 44.0 Å². The number of esters is 3. The second-order valence-electron chi connectivity index (χ2n) is 18.9. The third-order valence-corrected chi connectivity index (χ3v) is 16.4. The number of hydrogen-bond donors (Lipinski definition) is 2. The molecule has 13 heteroatoms. The van der Waals surface area contributed by atoms with Gasteiger partial charge in [-0.2, -0.15) is 0 Å². The quantitative estimate of drug-likeness (QED) is 0.112. The van der Waals surface area contributed by atoms with Crippen molar-refractivity contribution >= 4 is 34.5 Å². The molecule has 2 aromatic carbocycles. The van der Waals surface area contributed by atoms with Crippen molar-refractivity contribution in [3.8, 4) is 17.6 Å². The summed E-state index contributed by atoms with van der Waals surface area (Å²) in [5.41, 5.74) is -1.17. The number of H-pyrrole nitrogens is 1. The van der Waals surface area contributed by atoms with Gasteiger partial charge in [0.15, 0.2) is 11.8 Å². The van der Waals surface area contributed by atoms with Crippen LogP contribution in [0.25, 0.3) is 10.9 Å². The molecule has 2 bridgehead atoms. The molecule has 6 aliphatic heterocycles. The maximum atomic E-state index is 15.5. The summed E-state index contributed by atoms with van der Waals surface area (Å²) in [6.07, 6.45) is 6.51. The number of methoxy groups -OCH3 is 3. The molecule has 10 atom stereocenters. The summed E-state index contributed by atoms with van der Waals surface area (Å²) in [5.74, 6) is 5.11. The van der Waals surface area contributed by atoms with E-state index in [4.69, 9.17) is 23.7 Å². The number of piperidine rings is 1. The first kappa shape index (κ1) is 41.2. The second-order valence-corrected chi connectivity index (χ2v) is 18.9. The van der Waals surface area contributed by atoms with Gasteiger partial charge in [0.1, 0.15) is 11.2 Å². The summed E-state index contributed by atoms with van der Waals surface area (Å²) < 4.78 is 31.6. The summed E-state index contributed by atoms with van der Waals surface area (Å²) in [6, 6.07) is 10.0. The lowest BCUT2D eigenvalue weighted by molar-refractivity contribution is -0.178. The number of likely N-dealkylation sites (N-methyl/N-ethyl adjacent to an activating group) is 1. The smallest absolute Gasteiger partial charge is 0.347 e. The molecule has 4 fully saturated rings. The number of aliphatic hydroxyl groups is 1. The van der Waals surface area contributed by atoms with E-state index in [0.717, 1.165) is 39.0 Å². The van der Waals surface area contributed by atoms with Crippen LogP contribution >= 0.6 is 0 Å². The fraction of sp³-hybridized carbons (Fsp3) is 0.571. The number of carbonyl (C=O) groups excluding carboxylic acids is 3. The van der Waals surface area contributed by atoms with Gasteiger partial charge >= 0.3 is 17.9 Å². The topological polar surface area (TPSA) is 146 Å². The second kappa shape index (κ2) is 13.8. The number of anilines is 1. The number of aromatic amines is 1. The van der Waals surface area contributed by atoms with E-state index in [9.17, 15) is 14.7 Å². The molecule has 0 radical (unpaired) electrons. The number of fused-ring (bicyclic) bond motifs is 6. The van der Waals surface area contributed by atoms with Crippen molar-refractivity contribution in [3.63, 3.8) is 0 Å². The van der Waals surface area contributed by atoms with Gasteiger partial charge in [-0.25, -0.2) is 4.79 Å². The summed E-state index contributed by atoms with van der Waals surface area (Å²) in [5, 5.41) is 13.1. The molecular formula is C49H58N4O9. The number of aromatic nitrogens is 1. The molecule has 1 unspecified atom stereocenters. The predicted octanol–water partition coefficient (Wildman–Crippen LogP) is 4.73. The van der Waals surface area contributed by atoms with Crippen molar-refractivity contribution in [2.24, 2.45) is 11.3 Å². The van der Waals surface area contributed by atoms with Crippen LogP contribution in [-0.4, -0.2) is 128 Å². The molecule has 3 aromatic rings. The lowest BCUT2D eigenvalue weighted by atomic mass is 9.49. The van der Waals surface area contributed by atoms with Gasteiger partial charge < -0.3 is 38.7 Å². The molecule has 0 amide bonds. The molecule has 13 nitrogen and oxygen atoms in total. The highest BCUT2D eigenvalue weighted by atomic mass is 16.7. The molecule has 10 rings (SSSR count). The predicted molar refractivity (Wildman–Crippen MR) is 231 cm³/mol. The first-order valence-electron chi connectivity index (χ1n) is 22.2. The van der Waals surface area contributed by atoms with Crippen LogP contribution in [0.2, 0.25) is 0 Å². The van der Waals surface area contributed by atoms with Gasteiger partial charge in [0.2, 0.25) is 0 Å². The summed E-state index contributed by atoms with van der Waals surface area (Å²) in [7, 11) is 6.36. The Bertz CT molecular complexity index is 2520. The third-order valence-electron chi connectivity index (χ3n) is 16.4. The third kappa shape index (κ3) is 4.87. The van der Waals surface area contributed by atoms with Crippen LogP contribution in [-0.2, 0) is 50.6 Å². The minimum atomic E-state index is -1.67. The maximum absolute atomic E-state index is 15.5. The van der Waals surface area contributed by atoms with Gasteiger partial charge in [0.25, 0.3) is 5.60 Å². The number of carbonyl (C=O) groups is 3. The van der Waals surface area contributed by atoms with Gasteiger partial charge in [-0.15, -0.1) is 5.92 Å². The van der Waals surface area contributed by atoms with Gasteiger partial charge in [0, 0.05) is 91.1 Å². The number of hydrogen-bond acceptors (Lipinski definition) is 12. The Morgan fingerprint density at radius 3 is 2.50 bits per heavy atom. The molecule has 2 N–H and O–H groups in total. The Balaban J connectivity index is 1.29. The average molecular weight is 847 g/mol. The Labute approximate surface area is 363 Å². The summed E-state index contributed by atoms with van der Waals surface area (Å²) >= 11 is 0. The van der Waals surface area contributed by atoms with E-state index in [-0.39, 0.29) is 12.0 Å². The largest absolute Gasteiger partial charge is 0.496 e. The molecule has 7 heterocycles. The summed E-state index contributed by atoms with van der Waals surface area (Å²) in [6.45, 7) is 10.6. The standard InChI is InChI=1S/C49H58N4O9/c1-9-13-30-14-15-36-33(22-30)32-16-20-52-27-31(25-44(57,10-2)28-52)26-46(39(32)50-36,42(55)59-7)35-23-34-37(24-38(35)58-6)51(5)49-47(34)18-21-53-19-12-17-45(11-3,40(47)53)41(61-29(4)54)48(49,62-49)43(56)60-8/h12,14-15,17,22-24,31,40-41,50,57H,10-11,16,18-21,25-28H2,1-8H3/t31-,40+,41-,44+,45-,46+,47-,48+,49+/m1/s1.